The highest BCUT2D eigenvalue weighted by molar-refractivity contribution is 7.98. The van der Waals surface area contributed by atoms with Crippen molar-refractivity contribution in [3.8, 4) is 11.5 Å². The molecule has 4 rings (SSSR count). The Morgan fingerprint density at radius 2 is 1.29 bits per heavy atom. The Balaban J connectivity index is 0.000000509. The molecule has 0 unspecified atom stereocenters. The predicted molar refractivity (Wildman–Crippen MR) is 137 cm³/mol. The minimum atomic E-state index is -1.82. The van der Waals surface area contributed by atoms with E-state index >= 15 is 0 Å². The molecule has 1 heterocycles. The van der Waals surface area contributed by atoms with Crippen LogP contribution in [-0.2, 0) is 22.7 Å². The third-order valence-electron chi connectivity index (χ3n) is 5.50. The maximum Gasteiger partial charge on any atom is 0.414 e. The van der Waals surface area contributed by atoms with Gasteiger partial charge in [-0.1, -0.05) is 42.5 Å². The smallest absolute Gasteiger partial charge is 0.414 e. The topological polar surface area (TPSA) is 90.3 Å². The average Bonchev–Trinajstić information content (AvgIpc) is 2.87. The Morgan fingerprint density at radius 1 is 0.743 bits per heavy atom. The van der Waals surface area contributed by atoms with E-state index in [9.17, 15) is 0 Å². The minimum Gasteiger partial charge on any atom is -0.473 e. The van der Waals surface area contributed by atoms with Gasteiger partial charge in [0.1, 0.15) is 11.5 Å². The maximum atomic E-state index is 9.10. The number of piperazine rings is 1. The highest BCUT2D eigenvalue weighted by Gasteiger charge is 2.17. The van der Waals surface area contributed by atoms with Gasteiger partial charge in [0, 0.05) is 44.2 Å². The fourth-order valence-electron chi connectivity index (χ4n) is 3.68. The van der Waals surface area contributed by atoms with Crippen LogP contribution in [0.3, 0.4) is 0 Å². The molecule has 0 atom stereocenters. The highest BCUT2D eigenvalue weighted by atomic mass is 32.2. The Hall–Kier alpha value is -3.33. The molecule has 3 aromatic rings. The SMILES string of the molecule is CSc1ccc(CN2CCN(Cc3cccc(Oc4ccccc4)c3)CC2)cc1.O=C(O)C(=O)O. The molecule has 3 aromatic carbocycles. The van der Waals surface area contributed by atoms with E-state index in [1.165, 1.54) is 16.0 Å². The third-order valence-corrected chi connectivity index (χ3v) is 6.24. The molecule has 0 aromatic heterocycles. The number of ether oxygens (including phenoxy) is 1. The summed E-state index contributed by atoms with van der Waals surface area (Å²) >= 11 is 1.80. The zero-order chi connectivity index (χ0) is 25.0. The van der Waals surface area contributed by atoms with Crippen LogP contribution in [0.15, 0.2) is 83.8 Å². The lowest BCUT2D eigenvalue weighted by Crippen LogP contribution is -2.45. The summed E-state index contributed by atoms with van der Waals surface area (Å²) in [5, 5.41) is 14.8. The molecule has 35 heavy (non-hydrogen) atoms. The molecule has 0 bridgehead atoms. The monoisotopic (exact) mass is 494 g/mol. The molecule has 1 aliphatic heterocycles. The van der Waals surface area contributed by atoms with E-state index in [0.717, 1.165) is 50.8 Å². The molecule has 1 fully saturated rings. The van der Waals surface area contributed by atoms with Gasteiger partial charge in [-0.25, -0.2) is 9.59 Å². The summed E-state index contributed by atoms with van der Waals surface area (Å²) in [5.41, 5.74) is 2.71. The normalized spacial score (nSPS) is 14.0. The maximum absolute atomic E-state index is 9.10. The molecule has 0 saturated carbocycles. The van der Waals surface area contributed by atoms with Crippen molar-refractivity contribution in [3.63, 3.8) is 0 Å². The van der Waals surface area contributed by atoms with Crippen molar-refractivity contribution < 1.29 is 24.5 Å². The summed E-state index contributed by atoms with van der Waals surface area (Å²) < 4.78 is 5.98. The number of nitrogens with zero attached hydrogens (tertiary/aromatic N) is 2. The number of carboxylic acids is 2. The van der Waals surface area contributed by atoms with Gasteiger partial charge < -0.3 is 14.9 Å². The first-order valence-corrected chi connectivity index (χ1v) is 12.5. The minimum absolute atomic E-state index is 0.879. The van der Waals surface area contributed by atoms with E-state index in [1.807, 2.05) is 36.4 Å². The van der Waals surface area contributed by atoms with Crippen LogP contribution in [-0.4, -0.2) is 64.4 Å². The van der Waals surface area contributed by atoms with Crippen LogP contribution < -0.4 is 4.74 Å². The third kappa shape index (κ3) is 9.09. The largest absolute Gasteiger partial charge is 0.473 e. The molecule has 1 aliphatic rings. The number of rotatable bonds is 7. The number of aliphatic carboxylic acids is 2. The van der Waals surface area contributed by atoms with Gasteiger partial charge in [-0.05, 0) is 53.8 Å². The molecule has 1 saturated heterocycles. The van der Waals surface area contributed by atoms with Gasteiger partial charge >= 0.3 is 11.9 Å². The number of benzene rings is 3. The van der Waals surface area contributed by atoms with Crippen molar-refractivity contribution in [2.24, 2.45) is 0 Å². The summed E-state index contributed by atoms with van der Waals surface area (Å²) in [6, 6.07) is 27.4. The lowest BCUT2D eigenvalue weighted by Gasteiger charge is -2.34. The van der Waals surface area contributed by atoms with E-state index < -0.39 is 11.9 Å². The molecular weight excluding hydrogens is 464 g/mol. The lowest BCUT2D eigenvalue weighted by atomic mass is 10.1. The second-order valence-corrected chi connectivity index (χ2v) is 8.95. The van der Waals surface area contributed by atoms with Crippen molar-refractivity contribution in [1.82, 2.24) is 9.80 Å². The van der Waals surface area contributed by atoms with Crippen LogP contribution >= 0.6 is 11.8 Å². The zero-order valence-corrected chi connectivity index (χ0v) is 20.5. The number of hydrogen-bond donors (Lipinski definition) is 2. The van der Waals surface area contributed by atoms with E-state index in [1.54, 1.807) is 11.8 Å². The van der Waals surface area contributed by atoms with Gasteiger partial charge in [-0.15, -0.1) is 11.8 Å². The lowest BCUT2D eigenvalue weighted by molar-refractivity contribution is -0.159. The summed E-state index contributed by atoms with van der Waals surface area (Å²) in [6.45, 7) is 6.46. The van der Waals surface area contributed by atoms with E-state index in [-0.39, 0.29) is 0 Å². The Bertz CT molecular complexity index is 1070. The molecule has 2 N–H and O–H groups in total. The standard InChI is InChI=1S/C25H28N2OS.C2H2O4/c1-29-25-12-10-21(11-13-25)19-26-14-16-27(17-15-26)20-22-6-5-9-24(18-22)28-23-7-3-2-4-8-23;3-1(4)2(5)6/h2-13,18H,14-17,19-20H2,1H3;(H,3,4)(H,5,6). The Labute approximate surface area is 209 Å². The fourth-order valence-corrected chi connectivity index (χ4v) is 4.09. The predicted octanol–water partition coefficient (Wildman–Crippen LogP) is 4.67. The van der Waals surface area contributed by atoms with E-state index in [0.29, 0.717) is 0 Å². The zero-order valence-electron chi connectivity index (χ0n) is 19.7. The summed E-state index contributed by atoms with van der Waals surface area (Å²) in [6.07, 6.45) is 2.12. The summed E-state index contributed by atoms with van der Waals surface area (Å²) in [5.74, 6) is -1.87. The molecule has 0 spiro atoms. The second kappa shape index (κ2) is 13.5. The fraction of sp³-hybridized carbons (Fsp3) is 0.259. The van der Waals surface area contributed by atoms with Crippen LogP contribution in [0.5, 0.6) is 11.5 Å². The van der Waals surface area contributed by atoms with Crippen molar-refractivity contribution in [3.05, 3.63) is 90.0 Å². The van der Waals surface area contributed by atoms with Crippen LogP contribution in [0, 0.1) is 0 Å². The van der Waals surface area contributed by atoms with Crippen molar-refractivity contribution >= 4 is 23.7 Å². The van der Waals surface area contributed by atoms with E-state index in [4.69, 9.17) is 24.5 Å². The number of hydrogen-bond acceptors (Lipinski definition) is 6. The number of thioether (sulfide) groups is 1. The van der Waals surface area contributed by atoms with Crippen molar-refractivity contribution in [1.29, 1.82) is 0 Å². The molecule has 7 nitrogen and oxygen atoms in total. The average molecular weight is 495 g/mol. The molecular formula is C27H30N2O5S. The van der Waals surface area contributed by atoms with Gasteiger partial charge in [0.2, 0.25) is 0 Å². The first kappa shape index (κ1) is 26.3. The summed E-state index contributed by atoms with van der Waals surface area (Å²) in [4.78, 5) is 24.6. The van der Waals surface area contributed by atoms with Crippen LogP contribution in [0.25, 0.3) is 0 Å². The summed E-state index contributed by atoms with van der Waals surface area (Å²) in [7, 11) is 0. The first-order valence-electron chi connectivity index (χ1n) is 11.3. The van der Waals surface area contributed by atoms with Crippen LogP contribution in [0.1, 0.15) is 11.1 Å². The first-order chi connectivity index (χ1) is 16.9. The molecule has 0 radical (unpaired) electrons. The number of carbonyl (C=O) groups is 2. The highest BCUT2D eigenvalue weighted by Crippen LogP contribution is 2.23. The van der Waals surface area contributed by atoms with Crippen molar-refractivity contribution in [2.45, 2.75) is 18.0 Å². The Morgan fingerprint density at radius 3 is 1.83 bits per heavy atom. The van der Waals surface area contributed by atoms with Crippen molar-refractivity contribution in [2.75, 3.05) is 32.4 Å². The molecule has 0 amide bonds. The van der Waals surface area contributed by atoms with Gasteiger partial charge in [0.25, 0.3) is 0 Å². The molecule has 8 heteroatoms. The second-order valence-electron chi connectivity index (χ2n) is 8.07. The molecule has 0 aliphatic carbocycles. The number of para-hydroxylation sites is 1. The quantitative estimate of drug-likeness (QED) is 0.362. The van der Waals surface area contributed by atoms with E-state index in [2.05, 4.69) is 58.5 Å². The van der Waals surface area contributed by atoms with Gasteiger partial charge in [0.05, 0.1) is 0 Å². The van der Waals surface area contributed by atoms with Crippen LogP contribution in [0.4, 0.5) is 0 Å². The van der Waals surface area contributed by atoms with Gasteiger partial charge in [0.15, 0.2) is 0 Å². The molecule has 184 valence electrons. The number of carboxylic acid groups (broad SMARTS) is 2. The Kier molecular flexibility index (Phi) is 10.2. The van der Waals surface area contributed by atoms with Crippen LogP contribution in [0.2, 0.25) is 0 Å². The van der Waals surface area contributed by atoms with Gasteiger partial charge in [-0.2, -0.15) is 0 Å². The van der Waals surface area contributed by atoms with Gasteiger partial charge in [-0.3, -0.25) is 9.80 Å².